The highest BCUT2D eigenvalue weighted by Crippen LogP contribution is 2.15. The SMILES string of the molecule is CCNC(Cc1ccc(C)c(C)c1)C(CC)OCC. The molecule has 0 bridgehead atoms. The zero-order chi connectivity index (χ0) is 14.3. The maximum Gasteiger partial charge on any atom is 0.0728 e. The van der Waals surface area contributed by atoms with Crippen LogP contribution >= 0.6 is 0 Å². The van der Waals surface area contributed by atoms with Gasteiger partial charge >= 0.3 is 0 Å². The molecule has 108 valence electrons. The average molecular weight is 263 g/mol. The van der Waals surface area contributed by atoms with Crippen molar-refractivity contribution < 1.29 is 4.74 Å². The van der Waals surface area contributed by atoms with Gasteiger partial charge in [0.15, 0.2) is 0 Å². The minimum Gasteiger partial charge on any atom is -0.377 e. The van der Waals surface area contributed by atoms with Crippen molar-refractivity contribution in [1.29, 1.82) is 0 Å². The van der Waals surface area contributed by atoms with Crippen molar-refractivity contribution in [2.75, 3.05) is 13.2 Å². The first-order valence-electron chi connectivity index (χ1n) is 7.53. The Balaban J connectivity index is 2.78. The van der Waals surface area contributed by atoms with Crippen LogP contribution in [0, 0.1) is 13.8 Å². The maximum absolute atomic E-state index is 5.87. The van der Waals surface area contributed by atoms with Crippen molar-refractivity contribution >= 4 is 0 Å². The van der Waals surface area contributed by atoms with Crippen LogP contribution in [0.15, 0.2) is 18.2 Å². The molecule has 0 saturated carbocycles. The highest BCUT2D eigenvalue weighted by Gasteiger charge is 2.19. The van der Waals surface area contributed by atoms with E-state index in [-0.39, 0.29) is 0 Å². The third-order valence-corrected chi connectivity index (χ3v) is 3.73. The number of hydrogen-bond acceptors (Lipinski definition) is 2. The highest BCUT2D eigenvalue weighted by molar-refractivity contribution is 5.30. The number of likely N-dealkylation sites (N-methyl/N-ethyl adjacent to an activating group) is 1. The van der Waals surface area contributed by atoms with Gasteiger partial charge in [0, 0.05) is 12.6 Å². The Morgan fingerprint density at radius 2 is 1.84 bits per heavy atom. The van der Waals surface area contributed by atoms with Gasteiger partial charge in [-0.1, -0.05) is 32.0 Å². The van der Waals surface area contributed by atoms with Crippen molar-refractivity contribution in [3.05, 3.63) is 34.9 Å². The van der Waals surface area contributed by atoms with Crippen LogP contribution in [0.3, 0.4) is 0 Å². The van der Waals surface area contributed by atoms with E-state index < -0.39 is 0 Å². The molecule has 0 aromatic heterocycles. The van der Waals surface area contributed by atoms with Crippen LogP contribution in [-0.4, -0.2) is 25.3 Å². The van der Waals surface area contributed by atoms with E-state index in [1.54, 1.807) is 0 Å². The highest BCUT2D eigenvalue weighted by atomic mass is 16.5. The number of aryl methyl sites for hydroxylation is 2. The molecule has 19 heavy (non-hydrogen) atoms. The number of rotatable bonds is 8. The Hall–Kier alpha value is -0.860. The Morgan fingerprint density at radius 3 is 2.37 bits per heavy atom. The smallest absolute Gasteiger partial charge is 0.0728 e. The fraction of sp³-hybridized carbons (Fsp3) is 0.647. The molecule has 0 aliphatic rings. The number of ether oxygens (including phenoxy) is 1. The fourth-order valence-corrected chi connectivity index (χ4v) is 2.51. The fourth-order valence-electron chi connectivity index (χ4n) is 2.51. The molecule has 0 heterocycles. The predicted octanol–water partition coefficient (Wildman–Crippen LogP) is 3.64. The minimum absolute atomic E-state index is 0.298. The average Bonchev–Trinajstić information content (AvgIpc) is 2.40. The molecule has 2 unspecified atom stereocenters. The van der Waals surface area contributed by atoms with Gasteiger partial charge in [0.1, 0.15) is 0 Å². The molecule has 2 nitrogen and oxygen atoms in total. The van der Waals surface area contributed by atoms with Crippen LogP contribution in [0.4, 0.5) is 0 Å². The molecule has 0 spiro atoms. The second-order valence-corrected chi connectivity index (χ2v) is 5.19. The molecule has 2 atom stereocenters. The van der Waals surface area contributed by atoms with Crippen molar-refractivity contribution in [2.24, 2.45) is 0 Å². The Kier molecular flexibility index (Phi) is 7.11. The van der Waals surface area contributed by atoms with Crippen LogP contribution in [0.25, 0.3) is 0 Å². The molecule has 0 aliphatic heterocycles. The minimum atomic E-state index is 0.298. The third-order valence-electron chi connectivity index (χ3n) is 3.73. The molecule has 0 radical (unpaired) electrons. The number of hydrogen-bond donors (Lipinski definition) is 1. The molecular formula is C17H29NO. The van der Waals surface area contributed by atoms with Crippen molar-refractivity contribution in [1.82, 2.24) is 5.32 Å². The van der Waals surface area contributed by atoms with Gasteiger partial charge in [-0.3, -0.25) is 0 Å². The first-order chi connectivity index (χ1) is 9.12. The molecule has 1 rings (SSSR count). The second kappa shape index (κ2) is 8.34. The van der Waals surface area contributed by atoms with Gasteiger partial charge in [0.25, 0.3) is 0 Å². The van der Waals surface area contributed by atoms with E-state index in [9.17, 15) is 0 Å². The summed E-state index contributed by atoms with van der Waals surface area (Å²) in [5.74, 6) is 0. The molecular weight excluding hydrogens is 234 g/mol. The van der Waals surface area contributed by atoms with Crippen molar-refractivity contribution in [2.45, 2.75) is 59.6 Å². The second-order valence-electron chi connectivity index (χ2n) is 5.19. The van der Waals surface area contributed by atoms with Crippen LogP contribution in [-0.2, 0) is 11.2 Å². The van der Waals surface area contributed by atoms with Crippen molar-refractivity contribution in [3.8, 4) is 0 Å². The maximum atomic E-state index is 5.87. The summed E-state index contributed by atoms with van der Waals surface area (Å²) < 4.78 is 5.87. The summed E-state index contributed by atoms with van der Waals surface area (Å²) in [5.41, 5.74) is 4.13. The quantitative estimate of drug-likeness (QED) is 0.773. The summed E-state index contributed by atoms with van der Waals surface area (Å²) in [4.78, 5) is 0. The molecule has 1 aromatic rings. The Labute approximate surface area is 118 Å². The molecule has 1 N–H and O–H groups in total. The molecule has 1 aromatic carbocycles. The van der Waals surface area contributed by atoms with E-state index in [1.165, 1.54) is 16.7 Å². The van der Waals surface area contributed by atoms with Gasteiger partial charge in [-0.25, -0.2) is 0 Å². The lowest BCUT2D eigenvalue weighted by Gasteiger charge is -2.27. The van der Waals surface area contributed by atoms with Gasteiger partial charge in [0.2, 0.25) is 0 Å². The monoisotopic (exact) mass is 263 g/mol. The van der Waals surface area contributed by atoms with Gasteiger partial charge in [-0.15, -0.1) is 0 Å². The summed E-state index contributed by atoms with van der Waals surface area (Å²) in [7, 11) is 0. The van der Waals surface area contributed by atoms with E-state index in [2.05, 4.69) is 58.1 Å². The van der Waals surface area contributed by atoms with E-state index in [0.717, 1.165) is 26.0 Å². The predicted molar refractivity (Wildman–Crippen MR) is 82.8 cm³/mol. The molecule has 0 fully saturated rings. The zero-order valence-electron chi connectivity index (χ0n) is 13.1. The number of benzene rings is 1. The Morgan fingerprint density at radius 1 is 1.11 bits per heavy atom. The summed E-state index contributed by atoms with van der Waals surface area (Å²) in [6.45, 7) is 12.5. The van der Waals surface area contributed by atoms with Crippen molar-refractivity contribution in [3.63, 3.8) is 0 Å². The lowest BCUT2D eigenvalue weighted by atomic mass is 9.97. The number of nitrogens with one attached hydrogen (secondary N) is 1. The van der Waals surface area contributed by atoms with Gasteiger partial charge in [-0.2, -0.15) is 0 Å². The summed E-state index contributed by atoms with van der Waals surface area (Å²) in [6.07, 6.45) is 2.38. The summed E-state index contributed by atoms with van der Waals surface area (Å²) in [5, 5.41) is 3.58. The van der Waals surface area contributed by atoms with Crippen LogP contribution in [0.1, 0.15) is 43.9 Å². The standard InChI is InChI=1S/C17H29NO/c1-6-17(19-8-3)16(18-7-2)12-15-10-9-13(4)14(5)11-15/h9-11,16-18H,6-8,12H2,1-5H3. The van der Waals surface area contributed by atoms with E-state index in [1.807, 2.05) is 0 Å². The largest absolute Gasteiger partial charge is 0.377 e. The normalized spacial score (nSPS) is 14.4. The van der Waals surface area contributed by atoms with Crippen LogP contribution in [0.2, 0.25) is 0 Å². The third kappa shape index (κ3) is 4.96. The first-order valence-corrected chi connectivity index (χ1v) is 7.53. The summed E-state index contributed by atoms with van der Waals surface area (Å²) >= 11 is 0. The topological polar surface area (TPSA) is 21.3 Å². The summed E-state index contributed by atoms with van der Waals surface area (Å²) in [6, 6.07) is 7.16. The molecule has 2 heteroatoms. The Bertz CT molecular complexity index is 376. The lowest BCUT2D eigenvalue weighted by Crippen LogP contribution is -2.42. The van der Waals surface area contributed by atoms with Crippen LogP contribution in [0.5, 0.6) is 0 Å². The lowest BCUT2D eigenvalue weighted by molar-refractivity contribution is 0.0323. The molecule has 0 amide bonds. The van der Waals surface area contributed by atoms with Crippen LogP contribution < -0.4 is 5.32 Å². The molecule has 0 saturated heterocycles. The van der Waals surface area contributed by atoms with E-state index in [0.29, 0.717) is 12.1 Å². The van der Waals surface area contributed by atoms with E-state index in [4.69, 9.17) is 4.74 Å². The molecule has 0 aliphatic carbocycles. The first kappa shape index (κ1) is 16.2. The van der Waals surface area contributed by atoms with Gasteiger partial charge in [-0.05, 0) is 56.8 Å². The van der Waals surface area contributed by atoms with E-state index >= 15 is 0 Å². The van der Waals surface area contributed by atoms with Gasteiger partial charge < -0.3 is 10.1 Å². The zero-order valence-corrected chi connectivity index (χ0v) is 13.1. The van der Waals surface area contributed by atoms with Gasteiger partial charge in [0.05, 0.1) is 6.10 Å².